The van der Waals surface area contributed by atoms with Gasteiger partial charge in [-0.15, -0.1) is 0 Å². The maximum absolute atomic E-state index is 12.0. The number of anilines is 1. The fourth-order valence-electron chi connectivity index (χ4n) is 2.66. The highest BCUT2D eigenvalue weighted by Crippen LogP contribution is 2.14. The van der Waals surface area contributed by atoms with Gasteiger partial charge in [-0.3, -0.25) is 9.59 Å². The van der Waals surface area contributed by atoms with Crippen LogP contribution in [0, 0.1) is 0 Å². The lowest BCUT2D eigenvalue weighted by Gasteiger charge is -2.22. The Hall–Kier alpha value is -1.92. The molecule has 6 nitrogen and oxygen atoms in total. The fourth-order valence-corrected chi connectivity index (χ4v) is 2.66. The van der Waals surface area contributed by atoms with Crippen LogP contribution in [-0.4, -0.2) is 52.2 Å². The van der Waals surface area contributed by atoms with Crippen molar-refractivity contribution >= 4 is 17.5 Å². The van der Waals surface area contributed by atoms with Crippen molar-refractivity contribution in [3.05, 3.63) is 29.8 Å². The van der Waals surface area contributed by atoms with Gasteiger partial charge in [-0.2, -0.15) is 0 Å². The number of nitrogens with zero attached hydrogens (tertiary/aromatic N) is 1. The van der Waals surface area contributed by atoms with Crippen LogP contribution in [0.25, 0.3) is 0 Å². The average molecular weight is 320 g/mol. The number of carbonyl (C=O) groups excluding carboxylic acids is 2. The number of likely N-dealkylation sites (tertiary alicyclic amines) is 1. The molecule has 0 spiro atoms. The van der Waals surface area contributed by atoms with E-state index in [4.69, 9.17) is 0 Å². The standard InChI is InChI=1S/C17H24N2O4/c1-2-5-12-6-8-13(9-7-12)18-16(22)14(20)15(21)17(23)19-10-3-4-11-19/h6-9,14-15,20-21H,2-5,10-11H2,1H3,(H,18,22)/t14-,15-/m1/s1. The normalized spacial score (nSPS) is 16.9. The third kappa shape index (κ3) is 4.53. The molecule has 2 rings (SSSR count). The van der Waals surface area contributed by atoms with Gasteiger partial charge in [-0.05, 0) is 37.0 Å². The summed E-state index contributed by atoms with van der Waals surface area (Å²) in [6.07, 6.45) is 0.246. The summed E-state index contributed by atoms with van der Waals surface area (Å²) < 4.78 is 0. The molecule has 23 heavy (non-hydrogen) atoms. The number of carbonyl (C=O) groups is 2. The van der Waals surface area contributed by atoms with Crippen molar-refractivity contribution in [3.63, 3.8) is 0 Å². The van der Waals surface area contributed by atoms with Gasteiger partial charge in [-0.25, -0.2) is 0 Å². The van der Waals surface area contributed by atoms with Crippen molar-refractivity contribution < 1.29 is 19.8 Å². The van der Waals surface area contributed by atoms with E-state index >= 15 is 0 Å². The zero-order valence-electron chi connectivity index (χ0n) is 13.4. The Kier molecular flexibility index (Phi) is 6.12. The molecule has 1 aliphatic heterocycles. The van der Waals surface area contributed by atoms with Crippen LogP contribution in [-0.2, 0) is 16.0 Å². The molecule has 126 valence electrons. The van der Waals surface area contributed by atoms with Crippen LogP contribution >= 0.6 is 0 Å². The van der Waals surface area contributed by atoms with Crippen LogP contribution in [0.4, 0.5) is 5.69 Å². The zero-order chi connectivity index (χ0) is 16.8. The average Bonchev–Trinajstić information content (AvgIpc) is 3.09. The van der Waals surface area contributed by atoms with Crippen LogP contribution in [0.15, 0.2) is 24.3 Å². The first-order valence-electron chi connectivity index (χ1n) is 8.07. The Morgan fingerprint density at radius 2 is 1.74 bits per heavy atom. The number of rotatable bonds is 6. The minimum Gasteiger partial charge on any atom is -0.380 e. The molecule has 2 amide bonds. The first kappa shape index (κ1) is 17.4. The molecule has 0 saturated carbocycles. The molecule has 1 saturated heterocycles. The predicted octanol–water partition coefficient (Wildman–Crippen LogP) is 0.922. The van der Waals surface area contributed by atoms with Crippen LogP contribution in [0.1, 0.15) is 31.7 Å². The lowest BCUT2D eigenvalue weighted by Crippen LogP contribution is -2.48. The van der Waals surface area contributed by atoms with Gasteiger partial charge < -0.3 is 20.4 Å². The largest absolute Gasteiger partial charge is 0.380 e. The number of hydrogen-bond donors (Lipinski definition) is 3. The number of nitrogens with one attached hydrogen (secondary N) is 1. The SMILES string of the molecule is CCCc1ccc(NC(=O)[C@H](O)[C@@H](O)C(=O)N2CCCC2)cc1. The fraction of sp³-hybridized carbons (Fsp3) is 0.529. The maximum atomic E-state index is 12.0. The molecule has 0 unspecified atom stereocenters. The van der Waals surface area contributed by atoms with E-state index in [-0.39, 0.29) is 0 Å². The molecule has 0 aliphatic carbocycles. The van der Waals surface area contributed by atoms with Gasteiger partial charge in [0.15, 0.2) is 12.2 Å². The van der Waals surface area contributed by atoms with E-state index in [1.165, 1.54) is 4.90 Å². The van der Waals surface area contributed by atoms with E-state index in [1.807, 2.05) is 12.1 Å². The summed E-state index contributed by atoms with van der Waals surface area (Å²) in [6.45, 7) is 3.21. The maximum Gasteiger partial charge on any atom is 0.256 e. The Morgan fingerprint density at radius 1 is 1.13 bits per heavy atom. The molecule has 1 aromatic carbocycles. The summed E-state index contributed by atoms with van der Waals surface area (Å²) in [5.74, 6) is -1.38. The molecule has 3 N–H and O–H groups in total. The number of amides is 2. The molecule has 1 aliphatic rings. The highest BCUT2D eigenvalue weighted by Gasteiger charge is 2.34. The first-order chi connectivity index (χ1) is 11.0. The van der Waals surface area contributed by atoms with Crippen LogP contribution in [0.5, 0.6) is 0 Å². The van der Waals surface area contributed by atoms with Gasteiger partial charge in [0.1, 0.15) is 0 Å². The van der Waals surface area contributed by atoms with Gasteiger partial charge in [0.05, 0.1) is 0 Å². The van der Waals surface area contributed by atoms with Crippen molar-refractivity contribution in [2.24, 2.45) is 0 Å². The lowest BCUT2D eigenvalue weighted by atomic mass is 10.1. The predicted molar refractivity (Wildman–Crippen MR) is 86.9 cm³/mol. The monoisotopic (exact) mass is 320 g/mol. The Labute approximate surface area is 136 Å². The van der Waals surface area contributed by atoms with E-state index in [1.54, 1.807) is 12.1 Å². The van der Waals surface area contributed by atoms with Crippen molar-refractivity contribution in [2.45, 2.75) is 44.8 Å². The zero-order valence-corrected chi connectivity index (χ0v) is 13.4. The second-order valence-corrected chi connectivity index (χ2v) is 5.86. The second kappa shape index (κ2) is 8.08. The first-order valence-corrected chi connectivity index (χ1v) is 8.07. The van der Waals surface area contributed by atoms with E-state index in [2.05, 4.69) is 12.2 Å². The molecular weight excluding hydrogens is 296 g/mol. The summed E-state index contributed by atoms with van der Waals surface area (Å²) in [6, 6.07) is 7.28. The van der Waals surface area contributed by atoms with Gasteiger partial charge in [-0.1, -0.05) is 25.5 Å². The van der Waals surface area contributed by atoms with Gasteiger partial charge in [0.2, 0.25) is 0 Å². The van der Waals surface area contributed by atoms with Crippen LogP contribution in [0.3, 0.4) is 0 Å². The second-order valence-electron chi connectivity index (χ2n) is 5.86. The van der Waals surface area contributed by atoms with Crippen LogP contribution < -0.4 is 5.32 Å². The highest BCUT2D eigenvalue weighted by molar-refractivity contribution is 5.98. The molecule has 2 atom stereocenters. The summed E-state index contributed by atoms with van der Waals surface area (Å²) >= 11 is 0. The molecule has 1 fully saturated rings. The lowest BCUT2D eigenvalue weighted by molar-refractivity contribution is -0.150. The van der Waals surface area contributed by atoms with Gasteiger partial charge >= 0.3 is 0 Å². The van der Waals surface area contributed by atoms with E-state index in [9.17, 15) is 19.8 Å². The molecule has 1 aromatic rings. The summed E-state index contributed by atoms with van der Waals surface area (Å²) in [7, 11) is 0. The molecule has 1 heterocycles. The van der Waals surface area contributed by atoms with E-state index in [0.717, 1.165) is 31.2 Å². The van der Waals surface area contributed by atoms with Crippen molar-refractivity contribution in [1.29, 1.82) is 0 Å². The number of aliphatic hydroxyl groups excluding tert-OH is 2. The molecule has 0 aromatic heterocycles. The van der Waals surface area contributed by atoms with Crippen molar-refractivity contribution in [3.8, 4) is 0 Å². The molecule has 0 radical (unpaired) electrons. The Bertz CT molecular complexity index is 538. The van der Waals surface area contributed by atoms with Crippen molar-refractivity contribution in [1.82, 2.24) is 4.90 Å². The number of aryl methyl sites for hydroxylation is 1. The number of hydrogen-bond acceptors (Lipinski definition) is 4. The Morgan fingerprint density at radius 3 is 2.30 bits per heavy atom. The van der Waals surface area contributed by atoms with Gasteiger partial charge in [0, 0.05) is 18.8 Å². The smallest absolute Gasteiger partial charge is 0.256 e. The topological polar surface area (TPSA) is 89.9 Å². The highest BCUT2D eigenvalue weighted by atomic mass is 16.3. The summed E-state index contributed by atoms with van der Waals surface area (Å²) in [5, 5.41) is 22.3. The van der Waals surface area contributed by atoms with E-state index in [0.29, 0.717) is 18.8 Å². The number of aliphatic hydroxyl groups is 2. The van der Waals surface area contributed by atoms with Gasteiger partial charge in [0.25, 0.3) is 11.8 Å². The summed E-state index contributed by atoms with van der Waals surface area (Å²) in [4.78, 5) is 25.5. The third-order valence-electron chi connectivity index (χ3n) is 4.00. The van der Waals surface area contributed by atoms with Crippen molar-refractivity contribution in [2.75, 3.05) is 18.4 Å². The minimum atomic E-state index is -1.78. The Balaban J connectivity index is 1.91. The number of benzene rings is 1. The molecule has 6 heteroatoms. The summed E-state index contributed by atoms with van der Waals surface area (Å²) in [5.41, 5.74) is 1.69. The molecular formula is C17H24N2O4. The quantitative estimate of drug-likeness (QED) is 0.727. The van der Waals surface area contributed by atoms with Crippen LogP contribution in [0.2, 0.25) is 0 Å². The minimum absolute atomic E-state index is 0.523. The van der Waals surface area contributed by atoms with E-state index < -0.39 is 24.0 Å². The molecule has 0 bridgehead atoms. The third-order valence-corrected chi connectivity index (χ3v) is 4.00.